The summed E-state index contributed by atoms with van der Waals surface area (Å²) in [5.74, 6) is -0.179. The summed E-state index contributed by atoms with van der Waals surface area (Å²) in [6.45, 7) is 2.26. The van der Waals surface area contributed by atoms with Crippen molar-refractivity contribution in [2.45, 2.75) is 25.8 Å². The van der Waals surface area contributed by atoms with Gasteiger partial charge in [-0.2, -0.15) is 0 Å². The number of nitrogens with two attached hydrogens (primary N) is 1. The number of nitrogen functional groups attached to an aromatic ring is 1. The van der Waals surface area contributed by atoms with Crippen molar-refractivity contribution >= 4 is 33.3 Å². The van der Waals surface area contributed by atoms with Gasteiger partial charge in [0.2, 0.25) is 5.91 Å². The zero-order valence-electron chi connectivity index (χ0n) is 13.0. The first-order valence-corrected chi connectivity index (χ1v) is 8.39. The largest absolute Gasteiger partial charge is 0.423 e. The Morgan fingerprint density at radius 1 is 1.33 bits per heavy atom. The Labute approximate surface area is 141 Å². The van der Waals surface area contributed by atoms with Crippen LogP contribution in [0.4, 0.5) is 5.13 Å². The molecule has 4 rings (SSSR count). The number of fused-ring (bicyclic) bond motifs is 2. The van der Waals surface area contributed by atoms with Gasteiger partial charge in [0, 0.05) is 28.7 Å². The lowest BCUT2D eigenvalue weighted by atomic mass is 9.92. The molecule has 0 saturated carbocycles. The van der Waals surface area contributed by atoms with E-state index in [1.54, 1.807) is 0 Å². The lowest BCUT2D eigenvalue weighted by Crippen LogP contribution is -2.21. The van der Waals surface area contributed by atoms with E-state index in [2.05, 4.69) is 10.3 Å². The molecule has 122 valence electrons. The molecule has 1 aliphatic heterocycles. The molecule has 6 nitrogen and oxygen atoms in total. The van der Waals surface area contributed by atoms with Crippen LogP contribution in [0.15, 0.2) is 33.5 Å². The maximum absolute atomic E-state index is 12.1. The molecular formula is C17H15N3O3S. The first-order chi connectivity index (χ1) is 11.5. The van der Waals surface area contributed by atoms with Crippen LogP contribution in [0.5, 0.6) is 0 Å². The summed E-state index contributed by atoms with van der Waals surface area (Å²) < 4.78 is 5.33. The zero-order valence-corrected chi connectivity index (χ0v) is 13.8. The molecule has 3 N–H and O–H groups in total. The van der Waals surface area contributed by atoms with Crippen molar-refractivity contribution in [1.82, 2.24) is 10.3 Å². The van der Waals surface area contributed by atoms with Gasteiger partial charge in [-0.15, -0.1) is 11.3 Å². The van der Waals surface area contributed by atoms with E-state index in [1.807, 2.05) is 25.1 Å². The predicted octanol–water partition coefficient (Wildman–Crippen LogP) is 2.29. The van der Waals surface area contributed by atoms with Gasteiger partial charge >= 0.3 is 5.63 Å². The number of anilines is 1. The first-order valence-electron chi connectivity index (χ1n) is 7.57. The number of nitrogens with one attached hydrogen (secondary N) is 1. The molecule has 0 saturated heterocycles. The molecule has 1 aromatic carbocycles. The Balaban J connectivity index is 1.89. The fourth-order valence-corrected chi connectivity index (χ4v) is 4.12. The van der Waals surface area contributed by atoms with Crippen LogP contribution in [-0.4, -0.2) is 10.9 Å². The average Bonchev–Trinajstić information content (AvgIpc) is 2.83. The number of benzene rings is 1. The molecule has 0 radical (unpaired) electrons. The zero-order chi connectivity index (χ0) is 16.8. The maximum Gasteiger partial charge on any atom is 0.336 e. The number of hydrogen-bond donors (Lipinski definition) is 2. The molecule has 0 bridgehead atoms. The van der Waals surface area contributed by atoms with Crippen LogP contribution < -0.4 is 16.7 Å². The quantitative estimate of drug-likeness (QED) is 0.662. The van der Waals surface area contributed by atoms with E-state index in [1.165, 1.54) is 17.4 Å². The van der Waals surface area contributed by atoms with Crippen molar-refractivity contribution in [3.8, 4) is 0 Å². The third-order valence-electron chi connectivity index (χ3n) is 4.28. The van der Waals surface area contributed by atoms with Crippen molar-refractivity contribution in [1.29, 1.82) is 0 Å². The lowest BCUT2D eigenvalue weighted by Gasteiger charge is -2.14. The molecule has 1 atom stereocenters. The second-order valence-corrected chi connectivity index (χ2v) is 6.96. The first kappa shape index (κ1) is 14.9. The molecule has 24 heavy (non-hydrogen) atoms. The SMILES string of the molecule is Cc1cc(=O)oc2cc([C@@H]3CC(=O)NCc4nc(N)sc43)ccc12. The molecule has 0 fully saturated rings. The second-order valence-electron chi connectivity index (χ2n) is 5.90. The minimum absolute atomic E-state index is 0.0328. The lowest BCUT2D eigenvalue weighted by molar-refractivity contribution is -0.121. The standard InChI is InChI=1S/C17H15N3O3S/c1-8-4-15(22)23-13-5-9(2-3-10(8)13)11-6-14(21)19-7-12-16(11)24-17(18)20-12/h2-5,11H,6-7H2,1H3,(H2,18,20)(H,19,21)/t11-/m0/s1. The number of carbonyl (C=O) groups is 1. The molecule has 0 unspecified atom stereocenters. The molecule has 2 aromatic heterocycles. The van der Waals surface area contributed by atoms with E-state index in [0.717, 1.165) is 27.1 Å². The normalized spacial score (nSPS) is 17.4. The van der Waals surface area contributed by atoms with E-state index in [-0.39, 0.29) is 17.5 Å². The van der Waals surface area contributed by atoms with E-state index < -0.39 is 0 Å². The monoisotopic (exact) mass is 341 g/mol. The summed E-state index contributed by atoms with van der Waals surface area (Å²) in [4.78, 5) is 29.0. The molecule has 3 heterocycles. The van der Waals surface area contributed by atoms with Crippen molar-refractivity contribution in [2.24, 2.45) is 0 Å². The smallest absolute Gasteiger partial charge is 0.336 e. The van der Waals surface area contributed by atoms with Crippen molar-refractivity contribution < 1.29 is 9.21 Å². The summed E-state index contributed by atoms with van der Waals surface area (Å²) >= 11 is 1.40. The molecule has 1 aliphatic rings. The summed E-state index contributed by atoms with van der Waals surface area (Å²) in [6.07, 6.45) is 0.316. The summed E-state index contributed by atoms with van der Waals surface area (Å²) in [5, 5.41) is 4.22. The molecule has 0 aliphatic carbocycles. The summed E-state index contributed by atoms with van der Waals surface area (Å²) in [6, 6.07) is 7.21. The minimum Gasteiger partial charge on any atom is -0.423 e. The molecule has 3 aromatic rings. The number of aryl methyl sites for hydroxylation is 1. The fraction of sp³-hybridized carbons (Fsp3) is 0.235. The number of hydrogen-bond acceptors (Lipinski definition) is 6. The van der Waals surface area contributed by atoms with E-state index in [9.17, 15) is 9.59 Å². The van der Waals surface area contributed by atoms with Gasteiger partial charge in [-0.3, -0.25) is 4.79 Å². The topological polar surface area (TPSA) is 98.2 Å². The van der Waals surface area contributed by atoms with E-state index >= 15 is 0 Å². The van der Waals surface area contributed by atoms with Crippen LogP contribution in [0.25, 0.3) is 11.0 Å². The van der Waals surface area contributed by atoms with Gasteiger partial charge in [0.05, 0.1) is 12.2 Å². The van der Waals surface area contributed by atoms with Crippen LogP contribution >= 0.6 is 11.3 Å². The van der Waals surface area contributed by atoms with Crippen molar-refractivity contribution in [3.05, 3.63) is 56.4 Å². The Bertz CT molecular complexity index is 1020. The van der Waals surface area contributed by atoms with Gasteiger partial charge < -0.3 is 15.5 Å². The molecule has 0 spiro atoms. The van der Waals surface area contributed by atoms with Crippen molar-refractivity contribution in [3.63, 3.8) is 0 Å². The highest BCUT2D eigenvalue weighted by Gasteiger charge is 2.28. The van der Waals surface area contributed by atoms with Crippen LogP contribution in [0.3, 0.4) is 0 Å². The van der Waals surface area contributed by atoms with Crippen LogP contribution in [-0.2, 0) is 11.3 Å². The second kappa shape index (κ2) is 5.45. The third kappa shape index (κ3) is 2.46. The number of nitrogens with zero attached hydrogens (tertiary/aromatic N) is 1. The average molecular weight is 341 g/mol. The van der Waals surface area contributed by atoms with Gasteiger partial charge in [-0.1, -0.05) is 12.1 Å². The number of rotatable bonds is 1. The molecule has 1 amide bonds. The highest BCUT2D eigenvalue weighted by Crippen LogP contribution is 2.38. The Morgan fingerprint density at radius 2 is 2.17 bits per heavy atom. The van der Waals surface area contributed by atoms with E-state index in [0.29, 0.717) is 23.7 Å². The molecular weight excluding hydrogens is 326 g/mol. The highest BCUT2D eigenvalue weighted by atomic mass is 32.1. The number of thiazole rings is 1. The highest BCUT2D eigenvalue weighted by molar-refractivity contribution is 7.15. The van der Waals surface area contributed by atoms with Gasteiger partial charge in [-0.25, -0.2) is 9.78 Å². The fourth-order valence-electron chi connectivity index (χ4n) is 3.14. The number of carbonyl (C=O) groups excluding carboxylic acids is 1. The summed E-state index contributed by atoms with van der Waals surface area (Å²) in [5.41, 5.74) is 8.59. The van der Waals surface area contributed by atoms with Gasteiger partial charge in [0.15, 0.2) is 5.13 Å². The van der Waals surface area contributed by atoms with Gasteiger partial charge in [0.25, 0.3) is 0 Å². The third-order valence-corrected chi connectivity index (χ3v) is 5.32. The predicted molar refractivity (Wildman–Crippen MR) is 92.1 cm³/mol. The van der Waals surface area contributed by atoms with Crippen LogP contribution in [0, 0.1) is 6.92 Å². The molecule has 7 heteroatoms. The summed E-state index contributed by atoms with van der Waals surface area (Å²) in [7, 11) is 0. The number of amides is 1. The van der Waals surface area contributed by atoms with Crippen LogP contribution in [0.2, 0.25) is 0 Å². The van der Waals surface area contributed by atoms with Crippen LogP contribution in [0.1, 0.15) is 34.0 Å². The Kier molecular flexibility index (Phi) is 3.38. The van der Waals surface area contributed by atoms with Crippen molar-refractivity contribution in [2.75, 3.05) is 5.73 Å². The Morgan fingerprint density at radius 3 is 3.00 bits per heavy atom. The number of aromatic nitrogens is 1. The minimum atomic E-state index is -0.376. The van der Waals surface area contributed by atoms with Gasteiger partial charge in [-0.05, 0) is 24.1 Å². The Hall–Kier alpha value is -2.67. The van der Waals surface area contributed by atoms with E-state index in [4.69, 9.17) is 10.2 Å². The maximum atomic E-state index is 12.1. The van der Waals surface area contributed by atoms with Gasteiger partial charge in [0.1, 0.15) is 5.58 Å².